The van der Waals surface area contributed by atoms with Crippen LogP contribution in [0.3, 0.4) is 0 Å². The molecule has 0 fully saturated rings. The van der Waals surface area contributed by atoms with Crippen molar-refractivity contribution in [2.24, 2.45) is 0 Å². The fourth-order valence-electron chi connectivity index (χ4n) is 4.05. The van der Waals surface area contributed by atoms with Gasteiger partial charge in [0, 0.05) is 16.8 Å². The lowest BCUT2D eigenvalue weighted by molar-refractivity contribution is -0.137. The summed E-state index contributed by atoms with van der Waals surface area (Å²) < 4.78 is 43.1. The van der Waals surface area contributed by atoms with E-state index in [1.54, 1.807) is 17.6 Å². The molecule has 7 heteroatoms. The van der Waals surface area contributed by atoms with Gasteiger partial charge in [0.1, 0.15) is 0 Å². The molecule has 32 heavy (non-hydrogen) atoms. The third-order valence-electron chi connectivity index (χ3n) is 5.39. The molecule has 1 heterocycles. The average molecular weight is 432 g/mol. The Morgan fingerprint density at radius 3 is 2.12 bits per heavy atom. The number of aryl methyl sites for hydroxylation is 2. The van der Waals surface area contributed by atoms with Crippen molar-refractivity contribution in [3.05, 3.63) is 94.3 Å². The highest BCUT2D eigenvalue weighted by molar-refractivity contribution is 5.75. The maximum atomic E-state index is 13.8. The Labute approximate surface area is 183 Å². The average Bonchev–Trinajstić information content (AvgIpc) is 3.18. The Kier molecular flexibility index (Phi) is 5.31. The van der Waals surface area contributed by atoms with Gasteiger partial charge in [0.25, 0.3) is 0 Å². The van der Waals surface area contributed by atoms with E-state index < -0.39 is 11.7 Å². The van der Waals surface area contributed by atoms with Gasteiger partial charge < -0.3 is 0 Å². The number of hydrogen-bond acceptors (Lipinski definition) is 2. The van der Waals surface area contributed by atoms with Crippen LogP contribution in [0.25, 0.3) is 33.3 Å². The predicted octanol–water partition coefficient (Wildman–Crippen LogP) is 7.10. The second-order valence-electron chi connectivity index (χ2n) is 7.54. The minimum absolute atomic E-state index is 0.0709. The first-order chi connectivity index (χ1) is 15.2. The molecular weight excluding hydrogens is 413 g/mol. The van der Waals surface area contributed by atoms with Crippen LogP contribution in [-0.4, -0.2) is 14.8 Å². The number of halogens is 3. The highest BCUT2D eigenvalue weighted by Gasteiger charge is 2.35. The molecule has 4 nitrogen and oxygen atoms in total. The summed E-state index contributed by atoms with van der Waals surface area (Å²) in [5.41, 5.74) is 3.21. The first-order valence-corrected chi connectivity index (χ1v) is 9.90. The van der Waals surface area contributed by atoms with E-state index in [-0.39, 0.29) is 11.4 Å². The lowest BCUT2D eigenvalue weighted by Crippen LogP contribution is -2.10. The molecule has 160 valence electrons. The molecule has 3 aromatic carbocycles. The van der Waals surface area contributed by atoms with Crippen molar-refractivity contribution in [3.63, 3.8) is 0 Å². The number of hydrogen-bond donors (Lipinski definition) is 0. The van der Waals surface area contributed by atoms with E-state index in [9.17, 15) is 13.2 Å². The monoisotopic (exact) mass is 432 g/mol. The van der Waals surface area contributed by atoms with Gasteiger partial charge in [0.2, 0.25) is 0 Å². The second kappa shape index (κ2) is 7.97. The molecule has 0 saturated carbocycles. The van der Waals surface area contributed by atoms with Crippen LogP contribution >= 0.6 is 0 Å². The summed E-state index contributed by atoms with van der Waals surface area (Å²) in [6.45, 7) is 13.1. The van der Waals surface area contributed by atoms with Crippen molar-refractivity contribution in [3.8, 4) is 28.5 Å². The van der Waals surface area contributed by atoms with Gasteiger partial charge in [-0.25, -0.2) is 4.85 Å². The molecule has 0 unspecified atom stereocenters. The lowest BCUT2D eigenvalue weighted by Gasteiger charge is -2.20. The molecule has 0 spiro atoms. The van der Waals surface area contributed by atoms with Gasteiger partial charge >= 0.3 is 6.18 Å². The van der Waals surface area contributed by atoms with Crippen molar-refractivity contribution in [1.29, 1.82) is 0 Å². The number of alkyl halides is 3. The normalized spacial score (nSPS) is 11.4. The van der Waals surface area contributed by atoms with E-state index in [4.69, 9.17) is 6.57 Å². The first-order valence-electron chi connectivity index (χ1n) is 9.90. The summed E-state index contributed by atoms with van der Waals surface area (Å²) in [6.07, 6.45) is -4.56. The molecule has 0 aliphatic carbocycles. The van der Waals surface area contributed by atoms with Crippen molar-refractivity contribution in [1.82, 2.24) is 14.8 Å². The van der Waals surface area contributed by atoms with Gasteiger partial charge in [0.15, 0.2) is 17.3 Å². The van der Waals surface area contributed by atoms with Gasteiger partial charge in [0.05, 0.1) is 12.1 Å². The van der Waals surface area contributed by atoms with E-state index in [1.165, 1.54) is 12.1 Å². The summed E-state index contributed by atoms with van der Waals surface area (Å²) in [5, 5.41) is 8.50. The lowest BCUT2D eigenvalue weighted by atomic mass is 10.0. The summed E-state index contributed by atoms with van der Waals surface area (Å²) in [5.74, 6) is 0.478. The third-order valence-corrected chi connectivity index (χ3v) is 5.39. The largest absolute Gasteiger partial charge is 0.417 e. The summed E-state index contributed by atoms with van der Waals surface area (Å²) in [7, 11) is 0. The van der Waals surface area contributed by atoms with Crippen LogP contribution in [0.5, 0.6) is 0 Å². The Hall–Kier alpha value is -3.92. The standard InChI is InChI=1S/C25H19F3N4/c1-15-14-16(2)22(17(3)21(15)29-4)32-23(18-10-6-5-7-11-18)30-31-24(32)19-12-8-9-13-20(19)25(26,27)28/h5-14H,1-3H3. The van der Waals surface area contributed by atoms with Gasteiger partial charge in [-0.1, -0.05) is 54.6 Å². The molecule has 1 aromatic heterocycles. The Bertz CT molecular complexity index is 1350. The van der Waals surface area contributed by atoms with Crippen molar-refractivity contribution < 1.29 is 13.2 Å². The molecule has 0 bridgehead atoms. The molecule has 0 N–H and O–H groups in total. The molecule has 4 aromatic rings. The molecule has 0 radical (unpaired) electrons. The number of benzene rings is 3. The zero-order chi connectivity index (χ0) is 23.0. The van der Waals surface area contributed by atoms with E-state index >= 15 is 0 Å². The Balaban J connectivity index is 2.13. The van der Waals surface area contributed by atoms with E-state index in [0.717, 1.165) is 17.2 Å². The van der Waals surface area contributed by atoms with Crippen LogP contribution in [0.4, 0.5) is 18.9 Å². The fraction of sp³-hybridized carbons (Fsp3) is 0.160. The predicted molar refractivity (Wildman–Crippen MR) is 118 cm³/mol. The van der Waals surface area contributed by atoms with Crippen LogP contribution in [0.15, 0.2) is 60.7 Å². The minimum atomic E-state index is -4.56. The Morgan fingerprint density at radius 1 is 0.844 bits per heavy atom. The molecule has 0 atom stereocenters. The van der Waals surface area contributed by atoms with Crippen molar-refractivity contribution in [2.45, 2.75) is 26.9 Å². The zero-order valence-electron chi connectivity index (χ0n) is 17.7. The van der Waals surface area contributed by atoms with E-state index in [2.05, 4.69) is 15.0 Å². The molecule has 4 rings (SSSR count). The summed E-state index contributed by atoms with van der Waals surface area (Å²) in [4.78, 5) is 3.66. The smallest absolute Gasteiger partial charge is 0.276 e. The van der Waals surface area contributed by atoms with Crippen LogP contribution in [0.2, 0.25) is 0 Å². The van der Waals surface area contributed by atoms with Crippen LogP contribution in [-0.2, 0) is 6.18 Å². The first kappa shape index (κ1) is 21.3. The fourth-order valence-corrected chi connectivity index (χ4v) is 4.05. The number of rotatable bonds is 3. The van der Waals surface area contributed by atoms with Gasteiger partial charge in [-0.3, -0.25) is 4.57 Å². The van der Waals surface area contributed by atoms with Gasteiger partial charge in [-0.15, -0.1) is 10.2 Å². The maximum absolute atomic E-state index is 13.8. The Morgan fingerprint density at radius 2 is 1.47 bits per heavy atom. The minimum Gasteiger partial charge on any atom is -0.276 e. The number of nitrogens with zero attached hydrogens (tertiary/aromatic N) is 4. The van der Waals surface area contributed by atoms with Gasteiger partial charge in [-0.05, 0) is 43.5 Å². The number of aromatic nitrogens is 3. The van der Waals surface area contributed by atoms with Crippen LogP contribution < -0.4 is 0 Å². The van der Waals surface area contributed by atoms with E-state index in [1.807, 2.05) is 50.2 Å². The highest BCUT2D eigenvalue weighted by atomic mass is 19.4. The highest BCUT2D eigenvalue weighted by Crippen LogP contribution is 2.40. The van der Waals surface area contributed by atoms with Crippen molar-refractivity contribution >= 4 is 5.69 Å². The van der Waals surface area contributed by atoms with Gasteiger partial charge in [-0.2, -0.15) is 13.2 Å². The zero-order valence-corrected chi connectivity index (χ0v) is 17.7. The van der Waals surface area contributed by atoms with Crippen molar-refractivity contribution in [2.75, 3.05) is 0 Å². The van der Waals surface area contributed by atoms with Crippen LogP contribution in [0, 0.1) is 27.3 Å². The van der Waals surface area contributed by atoms with Crippen LogP contribution in [0.1, 0.15) is 22.3 Å². The molecular formula is C25H19F3N4. The van der Waals surface area contributed by atoms with E-state index in [0.29, 0.717) is 28.3 Å². The SMILES string of the molecule is [C-]#[N+]c1c(C)cc(C)c(-n2c(-c3ccccc3)nnc2-c2ccccc2C(F)(F)F)c1C. The molecule has 0 aliphatic heterocycles. The second-order valence-corrected chi connectivity index (χ2v) is 7.54. The summed E-state index contributed by atoms with van der Waals surface area (Å²) >= 11 is 0. The molecule has 0 amide bonds. The molecule has 0 aliphatic rings. The topological polar surface area (TPSA) is 35.1 Å². The maximum Gasteiger partial charge on any atom is 0.417 e. The molecule has 0 saturated heterocycles. The summed E-state index contributed by atoms with van der Waals surface area (Å²) in [6, 6.07) is 16.4. The third kappa shape index (κ3) is 3.54. The quantitative estimate of drug-likeness (QED) is 0.324.